The number of nitrogens with zero attached hydrogens (tertiary/aromatic N) is 2. The van der Waals surface area contributed by atoms with Gasteiger partial charge in [0.2, 0.25) is 10.0 Å². The summed E-state index contributed by atoms with van der Waals surface area (Å²) in [5, 5.41) is -0.0879. The molecule has 1 aliphatic heterocycles. The van der Waals surface area contributed by atoms with Gasteiger partial charge in [0.05, 0.1) is 30.7 Å². The minimum absolute atomic E-state index is 0.0932. The Bertz CT molecular complexity index is 1350. The number of rotatable bonds is 6. The van der Waals surface area contributed by atoms with Crippen molar-refractivity contribution in [2.75, 3.05) is 13.2 Å². The van der Waals surface area contributed by atoms with E-state index in [-0.39, 0.29) is 12.6 Å². The molecule has 3 heterocycles. The molecule has 5 rings (SSSR count). The van der Waals surface area contributed by atoms with Crippen molar-refractivity contribution in [2.45, 2.75) is 36.9 Å². The van der Waals surface area contributed by atoms with Crippen LogP contribution in [0.15, 0.2) is 30.6 Å². The second-order valence-corrected chi connectivity index (χ2v) is 10.3. The number of nitrogens with one attached hydrogen (secondary N) is 1. The molecule has 33 heavy (non-hydrogen) atoms. The minimum Gasteiger partial charge on any atom is -0.377 e. The molecule has 3 aromatic rings. The van der Waals surface area contributed by atoms with Crippen LogP contribution >= 0.6 is 0 Å². The van der Waals surface area contributed by atoms with Crippen molar-refractivity contribution in [3.05, 3.63) is 53.5 Å². The highest BCUT2D eigenvalue weighted by Crippen LogP contribution is 2.39. The predicted octanol–water partition coefficient (Wildman–Crippen LogP) is 4.15. The predicted molar refractivity (Wildman–Crippen MR) is 109 cm³/mol. The van der Waals surface area contributed by atoms with Crippen LogP contribution in [0.3, 0.4) is 0 Å². The molecule has 1 aromatic carbocycles. The van der Waals surface area contributed by atoms with Crippen molar-refractivity contribution >= 4 is 20.9 Å². The SMILES string of the molecule is O=S(=O)(NCc1cn(C2COC2)c2cc(-c3cc(F)cnc3C(F)(F)F)c(F)cc12)C1CC1. The van der Waals surface area contributed by atoms with Crippen LogP contribution in [0.1, 0.15) is 30.1 Å². The molecule has 2 aliphatic rings. The van der Waals surface area contributed by atoms with Gasteiger partial charge < -0.3 is 9.30 Å². The molecule has 12 heteroatoms. The Balaban J connectivity index is 1.63. The van der Waals surface area contributed by atoms with Gasteiger partial charge in [-0.3, -0.25) is 0 Å². The normalized spacial score (nSPS) is 17.5. The van der Waals surface area contributed by atoms with Gasteiger partial charge in [0, 0.05) is 34.8 Å². The standard InChI is InChI=1S/C21H18F5N3O3S/c22-12-3-17(20(27-7-12)21(24,25)26)16-5-19-15(4-18(16)23)11(8-29(19)13-9-32-10-13)6-28-33(30,31)14-1-2-14/h3-5,7-8,13-14,28H,1-2,6,9-10H2. The monoisotopic (exact) mass is 487 g/mol. The number of alkyl halides is 3. The van der Waals surface area contributed by atoms with Crippen molar-refractivity contribution in [2.24, 2.45) is 0 Å². The number of ether oxygens (including phenoxy) is 1. The third-order valence-electron chi connectivity index (χ3n) is 5.86. The number of halogens is 5. The molecule has 0 bridgehead atoms. The number of pyridine rings is 1. The number of aromatic nitrogens is 2. The average molecular weight is 487 g/mol. The Morgan fingerprint density at radius 1 is 1.12 bits per heavy atom. The van der Waals surface area contributed by atoms with Crippen LogP contribution in [0.2, 0.25) is 0 Å². The summed E-state index contributed by atoms with van der Waals surface area (Å²) in [5.74, 6) is -2.04. The van der Waals surface area contributed by atoms with Crippen molar-refractivity contribution in [3.8, 4) is 11.1 Å². The van der Waals surface area contributed by atoms with Gasteiger partial charge in [-0.1, -0.05) is 0 Å². The smallest absolute Gasteiger partial charge is 0.377 e. The number of hydrogen-bond donors (Lipinski definition) is 1. The lowest BCUT2D eigenvalue weighted by atomic mass is 10.0. The summed E-state index contributed by atoms with van der Waals surface area (Å²) >= 11 is 0. The Kier molecular flexibility index (Phi) is 5.22. The van der Waals surface area contributed by atoms with E-state index in [1.165, 1.54) is 6.07 Å². The summed E-state index contributed by atoms with van der Waals surface area (Å²) in [5.41, 5.74) is -1.70. The molecular weight excluding hydrogens is 469 g/mol. The summed E-state index contributed by atoms with van der Waals surface area (Å²) in [7, 11) is -3.50. The molecule has 1 saturated carbocycles. The van der Waals surface area contributed by atoms with E-state index < -0.39 is 49.9 Å². The zero-order chi connectivity index (χ0) is 23.5. The maximum atomic E-state index is 15.1. The fourth-order valence-electron chi connectivity index (χ4n) is 3.92. The average Bonchev–Trinajstić information content (AvgIpc) is 3.49. The molecule has 6 nitrogen and oxygen atoms in total. The van der Waals surface area contributed by atoms with Gasteiger partial charge in [0.15, 0.2) is 5.69 Å². The first-order valence-corrected chi connectivity index (χ1v) is 11.7. The first kappa shape index (κ1) is 22.2. The van der Waals surface area contributed by atoms with Crippen LogP contribution in [0.25, 0.3) is 22.0 Å². The summed E-state index contributed by atoms with van der Waals surface area (Å²) in [6.07, 6.45) is -1.68. The molecule has 176 valence electrons. The lowest BCUT2D eigenvalue weighted by Crippen LogP contribution is -2.30. The van der Waals surface area contributed by atoms with Gasteiger partial charge in [-0.15, -0.1) is 0 Å². The van der Waals surface area contributed by atoms with Crippen LogP contribution in [0, 0.1) is 11.6 Å². The van der Waals surface area contributed by atoms with Crippen LogP contribution in [-0.4, -0.2) is 36.4 Å². The fraction of sp³-hybridized carbons (Fsp3) is 0.381. The number of hydrogen-bond acceptors (Lipinski definition) is 4. The Morgan fingerprint density at radius 3 is 2.45 bits per heavy atom. The molecule has 2 fully saturated rings. The number of fused-ring (bicyclic) bond motifs is 1. The van der Waals surface area contributed by atoms with Gasteiger partial charge >= 0.3 is 6.18 Å². The third-order valence-corrected chi connectivity index (χ3v) is 7.75. The molecule has 1 aliphatic carbocycles. The second kappa shape index (κ2) is 7.74. The van der Waals surface area contributed by atoms with E-state index in [0.29, 0.717) is 54.8 Å². The first-order valence-electron chi connectivity index (χ1n) is 10.2. The van der Waals surface area contributed by atoms with E-state index >= 15 is 4.39 Å². The summed E-state index contributed by atoms with van der Waals surface area (Å²) in [6, 6.07) is 2.72. The van der Waals surface area contributed by atoms with E-state index in [9.17, 15) is 26.0 Å². The maximum absolute atomic E-state index is 15.1. The second-order valence-electron chi connectivity index (χ2n) is 8.22. The Hall–Kier alpha value is -2.57. The topological polar surface area (TPSA) is 73.2 Å². The molecule has 0 atom stereocenters. The zero-order valence-corrected chi connectivity index (χ0v) is 17.8. The van der Waals surface area contributed by atoms with Gasteiger partial charge in [-0.2, -0.15) is 13.2 Å². The first-order chi connectivity index (χ1) is 15.5. The third kappa shape index (κ3) is 4.11. The minimum atomic E-state index is -4.92. The van der Waals surface area contributed by atoms with Crippen molar-refractivity contribution < 1.29 is 35.1 Å². The van der Waals surface area contributed by atoms with Gasteiger partial charge in [0.1, 0.15) is 11.6 Å². The maximum Gasteiger partial charge on any atom is 0.433 e. The van der Waals surface area contributed by atoms with Crippen molar-refractivity contribution in [1.82, 2.24) is 14.3 Å². The Labute approximate surface area is 185 Å². The number of sulfonamides is 1. The summed E-state index contributed by atoms with van der Waals surface area (Å²) < 4.78 is 103. The van der Waals surface area contributed by atoms with E-state index in [2.05, 4.69) is 9.71 Å². The fourth-order valence-corrected chi connectivity index (χ4v) is 5.27. The molecular formula is C21H18F5N3O3S. The summed E-state index contributed by atoms with van der Waals surface area (Å²) in [6.45, 7) is 0.599. The van der Waals surface area contributed by atoms with Crippen LogP contribution in [0.5, 0.6) is 0 Å². The van der Waals surface area contributed by atoms with E-state index in [4.69, 9.17) is 4.74 Å². The largest absolute Gasteiger partial charge is 0.433 e. The lowest BCUT2D eigenvalue weighted by molar-refractivity contribution is -0.140. The lowest BCUT2D eigenvalue weighted by Gasteiger charge is -2.28. The highest BCUT2D eigenvalue weighted by Gasteiger charge is 2.37. The zero-order valence-electron chi connectivity index (χ0n) is 17.0. The number of benzene rings is 1. The van der Waals surface area contributed by atoms with Crippen molar-refractivity contribution in [3.63, 3.8) is 0 Å². The van der Waals surface area contributed by atoms with E-state index in [1.54, 1.807) is 10.8 Å². The molecule has 1 N–H and O–H groups in total. The van der Waals surface area contributed by atoms with E-state index in [1.807, 2.05) is 0 Å². The van der Waals surface area contributed by atoms with Gasteiger partial charge in [0.25, 0.3) is 0 Å². The molecule has 0 spiro atoms. The highest BCUT2D eigenvalue weighted by molar-refractivity contribution is 7.90. The van der Waals surface area contributed by atoms with E-state index in [0.717, 1.165) is 6.07 Å². The van der Waals surface area contributed by atoms with Crippen LogP contribution in [0.4, 0.5) is 22.0 Å². The molecule has 0 amide bonds. The quantitative estimate of drug-likeness (QED) is 0.531. The molecule has 1 saturated heterocycles. The van der Waals surface area contributed by atoms with Gasteiger partial charge in [-0.25, -0.2) is 26.9 Å². The van der Waals surface area contributed by atoms with Crippen molar-refractivity contribution in [1.29, 1.82) is 0 Å². The van der Waals surface area contributed by atoms with Crippen LogP contribution < -0.4 is 4.72 Å². The summed E-state index contributed by atoms with van der Waals surface area (Å²) in [4.78, 5) is 3.15. The highest BCUT2D eigenvalue weighted by atomic mass is 32.2. The molecule has 0 unspecified atom stereocenters. The molecule has 0 radical (unpaired) electrons. The molecule has 2 aromatic heterocycles. The Morgan fingerprint density at radius 2 is 1.85 bits per heavy atom. The van der Waals surface area contributed by atoms with Gasteiger partial charge in [-0.05, 0) is 36.6 Å². The van der Waals surface area contributed by atoms with Crippen LogP contribution in [-0.2, 0) is 27.5 Å².